The van der Waals surface area contributed by atoms with E-state index in [-0.39, 0.29) is 0 Å². The van der Waals surface area contributed by atoms with Crippen molar-refractivity contribution in [1.82, 2.24) is 5.32 Å². The molecule has 136 valence electrons. The number of rotatable bonds is 11. The lowest BCUT2D eigenvalue weighted by atomic mass is 10.1. The summed E-state index contributed by atoms with van der Waals surface area (Å²) < 4.78 is 11.5. The van der Waals surface area contributed by atoms with Gasteiger partial charge in [-0.3, -0.25) is 0 Å². The third kappa shape index (κ3) is 6.43. The maximum atomic E-state index is 6.06. The first-order valence-corrected chi connectivity index (χ1v) is 9.29. The van der Waals surface area contributed by atoms with E-state index in [9.17, 15) is 0 Å². The molecule has 0 bridgehead atoms. The first-order valence-electron chi connectivity index (χ1n) is 9.29. The minimum absolute atomic E-state index is 0.741. The molecule has 25 heavy (non-hydrogen) atoms. The maximum Gasteiger partial charge on any atom is 0.165 e. The predicted octanol–water partition coefficient (Wildman–Crippen LogP) is 5.25. The minimum atomic E-state index is 0.741. The van der Waals surface area contributed by atoms with Crippen LogP contribution in [0.25, 0.3) is 0 Å². The molecule has 0 saturated carbocycles. The molecule has 3 nitrogen and oxygen atoms in total. The smallest absolute Gasteiger partial charge is 0.165 e. The van der Waals surface area contributed by atoms with Crippen molar-refractivity contribution in [1.29, 1.82) is 0 Å². The van der Waals surface area contributed by atoms with E-state index >= 15 is 0 Å². The Bertz CT molecular complexity index is 622. The molecule has 0 spiro atoms. The molecule has 0 unspecified atom stereocenters. The van der Waals surface area contributed by atoms with Crippen molar-refractivity contribution < 1.29 is 9.47 Å². The molecule has 0 aromatic heterocycles. The molecule has 0 atom stereocenters. The van der Waals surface area contributed by atoms with Crippen LogP contribution < -0.4 is 14.8 Å². The van der Waals surface area contributed by atoms with Gasteiger partial charge in [0.15, 0.2) is 11.5 Å². The van der Waals surface area contributed by atoms with Crippen LogP contribution in [0.4, 0.5) is 0 Å². The maximum absolute atomic E-state index is 6.06. The molecule has 0 radical (unpaired) electrons. The lowest BCUT2D eigenvalue weighted by molar-refractivity contribution is 0.281. The molecule has 1 N–H and O–H groups in total. The Balaban J connectivity index is 1.92. The summed E-state index contributed by atoms with van der Waals surface area (Å²) in [5, 5.41) is 3.50. The van der Waals surface area contributed by atoms with Crippen molar-refractivity contribution in [2.75, 3.05) is 13.7 Å². The van der Waals surface area contributed by atoms with Crippen LogP contribution in [0.2, 0.25) is 0 Å². The summed E-state index contributed by atoms with van der Waals surface area (Å²) in [6.45, 7) is 6.67. The van der Waals surface area contributed by atoms with Crippen LogP contribution in [-0.4, -0.2) is 13.7 Å². The van der Waals surface area contributed by atoms with Crippen molar-refractivity contribution in [2.45, 2.75) is 52.6 Å². The molecule has 2 aromatic carbocycles. The molecule has 0 saturated heterocycles. The Kier molecular flexibility index (Phi) is 8.33. The Hall–Kier alpha value is -2.00. The number of ether oxygens (including phenoxy) is 2. The van der Waals surface area contributed by atoms with Gasteiger partial charge in [0.2, 0.25) is 0 Å². The van der Waals surface area contributed by atoms with Gasteiger partial charge in [0, 0.05) is 18.7 Å². The Labute approximate surface area is 152 Å². The van der Waals surface area contributed by atoms with Crippen LogP contribution in [0.1, 0.15) is 49.3 Å². The standard InChI is InChI=1S/C22H31NO2/c1-4-5-6-7-15-25-22-20(9-8-10-21(22)24-3)17-23-16-19-13-11-18(2)12-14-19/h8-14,23H,4-7,15-17H2,1-3H3. The van der Waals surface area contributed by atoms with Gasteiger partial charge >= 0.3 is 0 Å². The normalized spacial score (nSPS) is 10.7. The Morgan fingerprint density at radius 2 is 1.72 bits per heavy atom. The highest BCUT2D eigenvalue weighted by atomic mass is 16.5. The van der Waals surface area contributed by atoms with E-state index in [1.807, 2.05) is 12.1 Å². The number of hydrogen-bond acceptors (Lipinski definition) is 3. The molecule has 0 amide bonds. The first kappa shape index (κ1) is 19.3. The zero-order valence-electron chi connectivity index (χ0n) is 15.8. The van der Waals surface area contributed by atoms with Crippen LogP contribution in [0, 0.1) is 6.92 Å². The largest absolute Gasteiger partial charge is 0.493 e. The van der Waals surface area contributed by atoms with Crippen molar-refractivity contribution >= 4 is 0 Å². The Morgan fingerprint density at radius 1 is 0.920 bits per heavy atom. The molecular weight excluding hydrogens is 310 g/mol. The number of nitrogens with one attached hydrogen (secondary N) is 1. The van der Waals surface area contributed by atoms with Gasteiger partial charge in [0.05, 0.1) is 13.7 Å². The fraction of sp³-hybridized carbons (Fsp3) is 0.455. The lowest BCUT2D eigenvalue weighted by Gasteiger charge is -2.15. The fourth-order valence-electron chi connectivity index (χ4n) is 2.78. The van der Waals surface area contributed by atoms with Crippen molar-refractivity contribution in [3.8, 4) is 11.5 Å². The van der Waals surface area contributed by atoms with E-state index < -0.39 is 0 Å². The topological polar surface area (TPSA) is 30.5 Å². The van der Waals surface area contributed by atoms with Crippen molar-refractivity contribution in [3.63, 3.8) is 0 Å². The van der Waals surface area contributed by atoms with Gasteiger partial charge in [-0.25, -0.2) is 0 Å². The van der Waals surface area contributed by atoms with Gasteiger partial charge < -0.3 is 14.8 Å². The molecule has 0 fully saturated rings. The quantitative estimate of drug-likeness (QED) is 0.566. The van der Waals surface area contributed by atoms with Crippen LogP contribution >= 0.6 is 0 Å². The monoisotopic (exact) mass is 341 g/mol. The van der Waals surface area contributed by atoms with Crippen LogP contribution in [-0.2, 0) is 13.1 Å². The average Bonchev–Trinajstić information content (AvgIpc) is 2.64. The first-order chi connectivity index (χ1) is 12.2. The van der Waals surface area contributed by atoms with Crippen molar-refractivity contribution in [3.05, 3.63) is 59.2 Å². The summed E-state index contributed by atoms with van der Waals surface area (Å²) in [5.74, 6) is 1.68. The average molecular weight is 341 g/mol. The summed E-state index contributed by atoms with van der Waals surface area (Å²) in [6.07, 6.45) is 4.80. The molecule has 0 heterocycles. The lowest BCUT2D eigenvalue weighted by Crippen LogP contribution is -2.14. The molecule has 2 rings (SSSR count). The number of para-hydroxylation sites is 1. The zero-order chi connectivity index (χ0) is 17.9. The summed E-state index contributed by atoms with van der Waals surface area (Å²) >= 11 is 0. The second-order valence-electron chi connectivity index (χ2n) is 6.45. The van der Waals surface area contributed by atoms with Gasteiger partial charge in [-0.2, -0.15) is 0 Å². The third-order valence-corrected chi connectivity index (χ3v) is 4.29. The molecule has 0 aliphatic rings. The summed E-state index contributed by atoms with van der Waals surface area (Å²) in [4.78, 5) is 0. The van der Waals surface area contributed by atoms with Gasteiger partial charge in [-0.1, -0.05) is 68.1 Å². The Morgan fingerprint density at radius 3 is 2.44 bits per heavy atom. The second kappa shape index (κ2) is 10.8. The van der Waals surface area contributed by atoms with E-state index in [0.29, 0.717) is 0 Å². The number of benzene rings is 2. The molecular formula is C22H31NO2. The van der Waals surface area contributed by atoms with Gasteiger partial charge in [-0.15, -0.1) is 0 Å². The van der Waals surface area contributed by atoms with E-state index in [1.165, 1.54) is 30.4 Å². The highest BCUT2D eigenvalue weighted by molar-refractivity contribution is 5.46. The minimum Gasteiger partial charge on any atom is -0.493 e. The van der Waals surface area contributed by atoms with E-state index in [0.717, 1.165) is 43.2 Å². The van der Waals surface area contributed by atoms with Crippen LogP contribution in [0.5, 0.6) is 11.5 Å². The van der Waals surface area contributed by atoms with Gasteiger partial charge in [0.1, 0.15) is 0 Å². The SMILES string of the molecule is CCCCCCOc1c(CNCc2ccc(C)cc2)cccc1OC. The number of hydrogen-bond donors (Lipinski definition) is 1. The van der Waals surface area contributed by atoms with Gasteiger partial charge in [-0.05, 0) is 25.0 Å². The predicted molar refractivity (Wildman–Crippen MR) is 104 cm³/mol. The van der Waals surface area contributed by atoms with E-state index in [4.69, 9.17) is 9.47 Å². The number of unbranched alkanes of at least 4 members (excludes halogenated alkanes) is 3. The number of aryl methyl sites for hydroxylation is 1. The zero-order valence-corrected chi connectivity index (χ0v) is 15.8. The van der Waals surface area contributed by atoms with Gasteiger partial charge in [0.25, 0.3) is 0 Å². The molecule has 0 aliphatic carbocycles. The molecule has 3 heteroatoms. The summed E-state index contributed by atoms with van der Waals surface area (Å²) in [5.41, 5.74) is 3.72. The fourth-order valence-corrected chi connectivity index (χ4v) is 2.78. The second-order valence-corrected chi connectivity index (χ2v) is 6.45. The van der Waals surface area contributed by atoms with E-state index in [1.54, 1.807) is 7.11 Å². The summed E-state index contributed by atoms with van der Waals surface area (Å²) in [6, 6.07) is 14.7. The van der Waals surface area contributed by atoms with Crippen molar-refractivity contribution in [2.24, 2.45) is 0 Å². The highest BCUT2D eigenvalue weighted by Gasteiger charge is 2.10. The highest BCUT2D eigenvalue weighted by Crippen LogP contribution is 2.31. The molecule has 0 aliphatic heterocycles. The van der Waals surface area contributed by atoms with E-state index in [2.05, 4.69) is 49.5 Å². The third-order valence-electron chi connectivity index (χ3n) is 4.29. The van der Waals surface area contributed by atoms with Crippen LogP contribution in [0.15, 0.2) is 42.5 Å². The molecule has 2 aromatic rings. The summed E-state index contributed by atoms with van der Waals surface area (Å²) in [7, 11) is 1.70. The van der Waals surface area contributed by atoms with Crippen LogP contribution in [0.3, 0.4) is 0 Å². The number of methoxy groups -OCH3 is 1.